The predicted octanol–water partition coefficient (Wildman–Crippen LogP) is 4.71. The zero-order chi connectivity index (χ0) is 26.9. The molecule has 1 aliphatic carbocycles. The first kappa shape index (κ1) is 25.9. The maximum Gasteiger partial charge on any atom is 0.335 e. The van der Waals surface area contributed by atoms with Gasteiger partial charge in [0.25, 0.3) is 0 Å². The number of aromatic carboxylic acids is 2. The van der Waals surface area contributed by atoms with E-state index in [0.29, 0.717) is 5.92 Å². The number of hydrogen-bond donors (Lipinski definition) is 4. The van der Waals surface area contributed by atoms with E-state index in [0.717, 1.165) is 29.1 Å². The average Bonchev–Trinajstić information content (AvgIpc) is 3.34. The highest BCUT2D eigenvalue weighted by atomic mass is 16.4. The third kappa shape index (κ3) is 5.00. The first-order valence-corrected chi connectivity index (χ1v) is 13.3. The Morgan fingerprint density at radius 2 is 1.55 bits per heavy atom. The molecule has 4 N–H and O–H groups in total. The van der Waals surface area contributed by atoms with Gasteiger partial charge in [-0.1, -0.05) is 57.0 Å². The van der Waals surface area contributed by atoms with Crippen LogP contribution in [-0.2, 0) is 0 Å². The van der Waals surface area contributed by atoms with Crippen LogP contribution in [0.2, 0.25) is 0 Å². The van der Waals surface area contributed by atoms with Gasteiger partial charge >= 0.3 is 11.9 Å². The fourth-order valence-electron chi connectivity index (χ4n) is 6.21. The number of nitrogens with zero attached hydrogens (tertiary/aromatic N) is 2. The molecule has 0 bridgehead atoms. The fraction of sp³-hybridized carbons (Fsp3) is 0.400. The highest BCUT2D eigenvalue weighted by molar-refractivity contribution is 6.09. The minimum Gasteiger partial charge on any atom is -0.478 e. The van der Waals surface area contributed by atoms with E-state index in [1.165, 1.54) is 32.1 Å². The fourth-order valence-corrected chi connectivity index (χ4v) is 6.21. The van der Waals surface area contributed by atoms with Gasteiger partial charge in [0.05, 0.1) is 22.9 Å². The van der Waals surface area contributed by atoms with Gasteiger partial charge in [-0.05, 0) is 61.1 Å². The molecule has 38 heavy (non-hydrogen) atoms. The Labute approximate surface area is 222 Å². The highest BCUT2D eigenvalue weighted by Gasteiger charge is 2.51. The molecule has 198 valence electrons. The number of carbonyl (C=O) groups is 2. The quantitative estimate of drug-likeness (QED) is 0.397. The van der Waals surface area contributed by atoms with Gasteiger partial charge in [0.15, 0.2) is 0 Å². The Morgan fingerprint density at radius 3 is 2.13 bits per heavy atom. The Balaban J connectivity index is 1.46. The Kier molecular flexibility index (Phi) is 7.17. The molecule has 2 fully saturated rings. The van der Waals surface area contributed by atoms with E-state index in [1.54, 1.807) is 54.6 Å². The Bertz CT molecular complexity index is 1280. The summed E-state index contributed by atoms with van der Waals surface area (Å²) in [7, 11) is 0. The van der Waals surface area contributed by atoms with E-state index >= 15 is 0 Å². The van der Waals surface area contributed by atoms with Crippen molar-refractivity contribution in [3.63, 3.8) is 0 Å². The van der Waals surface area contributed by atoms with Crippen molar-refractivity contribution in [3.8, 4) is 0 Å². The minimum atomic E-state index is -0.960. The summed E-state index contributed by atoms with van der Waals surface area (Å²) in [5.41, 5.74) is 2.76. The molecule has 4 atom stereocenters. The van der Waals surface area contributed by atoms with Crippen molar-refractivity contribution in [1.29, 1.82) is 0 Å². The van der Waals surface area contributed by atoms with E-state index in [9.17, 15) is 19.8 Å². The summed E-state index contributed by atoms with van der Waals surface area (Å²) >= 11 is 0. The van der Waals surface area contributed by atoms with Gasteiger partial charge in [-0.15, -0.1) is 0 Å². The van der Waals surface area contributed by atoms with Gasteiger partial charge in [-0.25, -0.2) is 14.6 Å². The van der Waals surface area contributed by atoms with Gasteiger partial charge < -0.3 is 15.5 Å². The van der Waals surface area contributed by atoms with Crippen LogP contribution in [0.3, 0.4) is 0 Å². The summed E-state index contributed by atoms with van der Waals surface area (Å²) < 4.78 is 0. The van der Waals surface area contributed by atoms with Crippen LogP contribution >= 0.6 is 0 Å². The zero-order valence-electron chi connectivity index (χ0n) is 21.6. The summed E-state index contributed by atoms with van der Waals surface area (Å²) in [4.78, 5) is 32.7. The van der Waals surface area contributed by atoms with Crippen LogP contribution in [0.5, 0.6) is 0 Å². The number of hydrogen-bond acceptors (Lipinski definition) is 6. The lowest BCUT2D eigenvalue weighted by Gasteiger charge is -2.50. The number of carboxylic acids is 2. The molecule has 1 saturated heterocycles. The lowest BCUT2D eigenvalue weighted by molar-refractivity contribution is 0.0304. The normalized spacial score (nSPS) is 27.7. The molecule has 0 amide bonds. The van der Waals surface area contributed by atoms with Crippen molar-refractivity contribution >= 4 is 23.5 Å². The lowest BCUT2D eigenvalue weighted by atomic mass is 9.63. The molecule has 8 nitrogen and oxygen atoms in total. The van der Waals surface area contributed by atoms with Crippen molar-refractivity contribution in [2.45, 2.75) is 63.8 Å². The van der Waals surface area contributed by atoms with Crippen LogP contribution in [0.1, 0.15) is 77.3 Å². The summed E-state index contributed by atoms with van der Waals surface area (Å²) in [6.07, 6.45) is 8.31. The van der Waals surface area contributed by atoms with Gasteiger partial charge in [0.1, 0.15) is 18.2 Å². The van der Waals surface area contributed by atoms with E-state index in [4.69, 9.17) is 9.98 Å². The third-order valence-electron chi connectivity index (χ3n) is 8.42. The molecule has 2 aromatic rings. The second-order valence-corrected chi connectivity index (χ2v) is 10.8. The van der Waals surface area contributed by atoms with E-state index in [1.807, 2.05) is 0 Å². The van der Waals surface area contributed by atoms with Crippen LogP contribution < -0.4 is 10.6 Å². The zero-order valence-corrected chi connectivity index (χ0v) is 21.6. The molecule has 4 unspecified atom stereocenters. The number of rotatable bonds is 7. The monoisotopic (exact) mass is 514 g/mol. The van der Waals surface area contributed by atoms with Crippen molar-refractivity contribution in [1.82, 2.24) is 10.6 Å². The van der Waals surface area contributed by atoms with E-state index in [2.05, 4.69) is 24.1 Å². The van der Waals surface area contributed by atoms with Crippen LogP contribution in [0, 0.1) is 11.3 Å². The lowest BCUT2D eigenvalue weighted by Crippen LogP contribution is -2.61. The number of amidine groups is 1. The number of fused-ring (bicyclic) bond motifs is 1. The van der Waals surface area contributed by atoms with Crippen molar-refractivity contribution in [2.75, 3.05) is 0 Å². The molecule has 0 radical (unpaired) electrons. The maximum atomic E-state index is 11.3. The molecular weight excluding hydrogens is 480 g/mol. The SMILES string of the molecule is C=C/C(=N\C1NC2N=C(c3ccc(C(=O)O)cc3)NC2CC1(C)C1CCCCC1)c1ccc(C(=O)O)cc1. The molecule has 8 heteroatoms. The number of piperidine rings is 1. The van der Waals surface area contributed by atoms with Crippen molar-refractivity contribution < 1.29 is 19.8 Å². The topological polar surface area (TPSA) is 123 Å². The first-order valence-electron chi connectivity index (χ1n) is 13.3. The standard InChI is InChI=1S/C30H34N4O4/c1-3-23(18-9-13-20(14-10-18)27(35)36)32-29-30(2,22-7-5-4-6-8-22)17-24-26(34-29)33-25(31-24)19-11-15-21(16-12-19)28(37)38/h3,9-16,22,24,26,29,34H,1,4-8,17H2,2H3,(H,31,33)(H,35,36)(H,37,38)/b32-23+. The molecular formula is C30H34N4O4. The number of benzene rings is 2. The highest BCUT2D eigenvalue weighted by Crippen LogP contribution is 2.47. The molecule has 2 heterocycles. The second-order valence-electron chi connectivity index (χ2n) is 10.8. The number of carboxylic acid groups (broad SMARTS) is 2. The van der Waals surface area contributed by atoms with Crippen LogP contribution in [0.25, 0.3) is 0 Å². The predicted molar refractivity (Wildman–Crippen MR) is 147 cm³/mol. The molecule has 0 aromatic heterocycles. The van der Waals surface area contributed by atoms with Crippen LogP contribution in [0.15, 0.2) is 71.2 Å². The molecule has 1 saturated carbocycles. The van der Waals surface area contributed by atoms with Crippen molar-refractivity contribution in [3.05, 3.63) is 83.4 Å². The Morgan fingerprint density at radius 1 is 0.974 bits per heavy atom. The van der Waals surface area contributed by atoms with Gasteiger partial charge in [-0.2, -0.15) is 0 Å². The van der Waals surface area contributed by atoms with Crippen LogP contribution in [0.4, 0.5) is 0 Å². The third-order valence-corrected chi connectivity index (χ3v) is 8.42. The van der Waals surface area contributed by atoms with Gasteiger partial charge in [0, 0.05) is 11.0 Å². The smallest absolute Gasteiger partial charge is 0.335 e. The summed E-state index contributed by atoms with van der Waals surface area (Å²) in [6.45, 7) is 6.33. The summed E-state index contributed by atoms with van der Waals surface area (Å²) in [6, 6.07) is 13.6. The number of nitrogens with one attached hydrogen (secondary N) is 2. The maximum absolute atomic E-state index is 11.3. The van der Waals surface area contributed by atoms with Gasteiger partial charge in [0.2, 0.25) is 0 Å². The van der Waals surface area contributed by atoms with Gasteiger partial charge in [-0.3, -0.25) is 10.3 Å². The minimum absolute atomic E-state index is 0.101. The number of allylic oxidation sites excluding steroid dienone is 1. The molecule has 2 aromatic carbocycles. The van der Waals surface area contributed by atoms with E-state index in [-0.39, 0.29) is 34.9 Å². The van der Waals surface area contributed by atoms with Crippen LogP contribution in [-0.4, -0.2) is 52.1 Å². The molecule has 5 rings (SSSR count). The molecule has 3 aliphatic rings. The average molecular weight is 515 g/mol. The second kappa shape index (κ2) is 10.5. The molecule has 2 aliphatic heterocycles. The number of aliphatic imine (C=N–C) groups is 2. The largest absolute Gasteiger partial charge is 0.478 e. The summed E-state index contributed by atoms with van der Waals surface area (Å²) in [5.74, 6) is -0.640. The molecule has 0 spiro atoms. The summed E-state index contributed by atoms with van der Waals surface area (Å²) in [5, 5.41) is 25.8. The van der Waals surface area contributed by atoms with E-state index < -0.39 is 11.9 Å². The van der Waals surface area contributed by atoms with Crippen molar-refractivity contribution in [2.24, 2.45) is 21.3 Å². The first-order chi connectivity index (χ1) is 18.3. The Hall–Kier alpha value is -3.78.